The minimum Gasteiger partial charge on any atom is -0.444 e. The maximum atomic E-state index is 14.1. The van der Waals surface area contributed by atoms with Crippen molar-refractivity contribution in [3.05, 3.63) is 82.2 Å². The van der Waals surface area contributed by atoms with Crippen molar-refractivity contribution in [2.24, 2.45) is 5.92 Å². The molecule has 8 heteroatoms. The number of carbonyl (C=O) groups is 3. The van der Waals surface area contributed by atoms with Crippen LogP contribution in [0.4, 0.5) is 15.3 Å². The van der Waals surface area contributed by atoms with Gasteiger partial charge in [-0.2, -0.15) is 0 Å². The van der Waals surface area contributed by atoms with E-state index in [4.69, 9.17) is 9.72 Å². The number of pyridine rings is 1. The largest absolute Gasteiger partial charge is 0.444 e. The monoisotopic (exact) mass is 568 g/mol. The van der Waals surface area contributed by atoms with Crippen molar-refractivity contribution >= 4 is 23.7 Å². The highest BCUT2D eigenvalue weighted by atomic mass is 16.6. The predicted octanol–water partition coefficient (Wildman–Crippen LogP) is 6.48. The number of carbonyl (C=O) groups excluding carboxylic acids is 3. The van der Waals surface area contributed by atoms with E-state index >= 15 is 0 Å². The van der Waals surface area contributed by atoms with Gasteiger partial charge < -0.3 is 15.0 Å². The van der Waals surface area contributed by atoms with Crippen molar-refractivity contribution in [3.63, 3.8) is 0 Å². The Morgan fingerprint density at radius 3 is 2.36 bits per heavy atom. The van der Waals surface area contributed by atoms with Crippen LogP contribution in [0.15, 0.2) is 48.5 Å². The third-order valence-electron chi connectivity index (χ3n) is 7.70. The van der Waals surface area contributed by atoms with Gasteiger partial charge in [-0.3, -0.25) is 9.78 Å². The number of alkyl carbamates (subject to hydrolysis) is 1. The van der Waals surface area contributed by atoms with E-state index in [2.05, 4.69) is 19.2 Å². The molecule has 220 valence electrons. The first-order valence-corrected chi connectivity index (χ1v) is 14.6. The summed E-state index contributed by atoms with van der Waals surface area (Å²) >= 11 is 0. The van der Waals surface area contributed by atoms with E-state index in [1.54, 1.807) is 4.90 Å². The number of nitrogens with one attached hydrogen (secondary N) is 1. The number of fused-ring (bicyclic) bond motifs is 2. The fourth-order valence-corrected chi connectivity index (χ4v) is 5.84. The van der Waals surface area contributed by atoms with Crippen molar-refractivity contribution in [1.29, 1.82) is 0 Å². The Morgan fingerprint density at radius 1 is 1.05 bits per heavy atom. The Bertz CT molecular complexity index is 1500. The molecule has 1 aromatic heterocycles. The molecule has 4 amide bonds. The van der Waals surface area contributed by atoms with E-state index in [1.807, 2.05) is 83.1 Å². The molecule has 5 rings (SSSR count). The number of imide groups is 1. The third-order valence-corrected chi connectivity index (χ3v) is 7.70. The second-order valence-electron chi connectivity index (χ2n) is 12.7. The first-order valence-electron chi connectivity index (χ1n) is 14.6. The SMILES string of the molecule is Cc1ccc(-c2c(CNC(=O)OC(C)(C)C)c(CC(C)C)nc(C)c2N2C(=O)C3Cc4ccccc4CN3C2=O)cc1. The summed E-state index contributed by atoms with van der Waals surface area (Å²) in [4.78, 5) is 48.9. The number of urea groups is 1. The van der Waals surface area contributed by atoms with Crippen LogP contribution < -0.4 is 10.2 Å². The Kier molecular flexibility index (Phi) is 7.84. The number of hydrogen-bond acceptors (Lipinski definition) is 5. The van der Waals surface area contributed by atoms with Gasteiger partial charge in [0.15, 0.2) is 0 Å². The zero-order valence-corrected chi connectivity index (χ0v) is 25.6. The molecular weight excluding hydrogens is 528 g/mol. The Hall–Kier alpha value is -4.20. The van der Waals surface area contributed by atoms with Crippen LogP contribution in [-0.2, 0) is 35.5 Å². The van der Waals surface area contributed by atoms with Crippen LogP contribution in [0.25, 0.3) is 11.1 Å². The smallest absolute Gasteiger partial charge is 0.407 e. The maximum absolute atomic E-state index is 14.1. The predicted molar refractivity (Wildman–Crippen MR) is 163 cm³/mol. The zero-order chi connectivity index (χ0) is 30.3. The Labute approximate surface area is 248 Å². The number of amides is 4. The summed E-state index contributed by atoms with van der Waals surface area (Å²) in [6.07, 6.45) is 0.595. The summed E-state index contributed by atoms with van der Waals surface area (Å²) in [6, 6.07) is 15.1. The lowest BCUT2D eigenvalue weighted by atomic mass is 9.91. The van der Waals surface area contributed by atoms with Gasteiger partial charge in [-0.1, -0.05) is 67.9 Å². The molecule has 0 spiro atoms. The maximum Gasteiger partial charge on any atom is 0.407 e. The molecule has 3 heterocycles. The summed E-state index contributed by atoms with van der Waals surface area (Å²) in [5.41, 5.74) is 6.82. The van der Waals surface area contributed by atoms with Gasteiger partial charge in [0.25, 0.3) is 5.91 Å². The number of hydrogen-bond donors (Lipinski definition) is 1. The fraction of sp³-hybridized carbons (Fsp3) is 0.412. The first kappa shape index (κ1) is 29.3. The number of ether oxygens (including phenoxy) is 1. The molecule has 2 aromatic carbocycles. The Balaban J connectivity index is 1.66. The molecule has 1 N–H and O–H groups in total. The molecule has 1 atom stereocenters. The molecule has 0 saturated carbocycles. The lowest BCUT2D eigenvalue weighted by molar-refractivity contribution is -0.120. The Morgan fingerprint density at radius 2 is 1.71 bits per heavy atom. The van der Waals surface area contributed by atoms with Crippen molar-refractivity contribution in [1.82, 2.24) is 15.2 Å². The van der Waals surface area contributed by atoms with Crippen LogP contribution in [0.1, 0.15) is 68.3 Å². The van der Waals surface area contributed by atoms with Crippen molar-refractivity contribution < 1.29 is 19.1 Å². The van der Waals surface area contributed by atoms with E-state index < -0.39 is 17.7 Å². The first-order chi connectivity index (χ1) is 19.8. The number of benzene rings is 2. The molecule has 1 saturated heterocycles. The van der Waals surface area contributed by atoms with Gasteiger partial charge in [0, 0.05) is 36.3 Å². The quantitative estimate of drug-likeness (QED) is 0.344. The number of rotatable bonds is 6. The minimum absolute atomic E-state index is 0.134. The van der Waals surface area contributed by atoms with E-state index in [0.29, 0.717) is 30.8 Å². The van der Waals surface area contributed by atoms with Crippen LogP contribution in [0.3, 0.4) is 0 Å². The summed E-state index contributed by atoms with van der Waals surface area (Å²) < 4.78 is 5.53. The zero-order valence-electron chi connectivity index (χ0n) is 25.6. The van der Waals surface area contributed by atoms with Gasteiger partial charge in [-0.05, 0) is 63.6 Å². The van der Waals surface area contributed by atoms with E-state index in [9.17, 15) is 14.4 Å². The fourth-order valence-electron chi connectivity index (χ4n) is 5.84. The minimum atomic E-state index is -0.655. The average Bonchev–Trinajstić information content (AvgIpc) is 3.14. The lowest BCUT2D eigenvalue weighted by Gasteiger charge is -2.28. The average molecular weight is 569 g/mol. The van der Waals surface area contributed by atoms with Crippen molar-refractivity contribution in [3.8, 4) is 11.1 Å². The van der Waals surface area contributed by atoms with Crippen LogP contribution in [0, 0.1) is 19.8 Å². The molecule has 0 aliphatic carbocycles. The van der Waals surface area contributed by atoms with Crippen LogP contribution >= 0.6 is 0 Å². The van der Waals surface area contributed by atoms with Gasteiger partial charge in [-0.25, -0.2) is 14.5 Å². The van der Waals surface area contributed by atoms with E-state index in [0.717, 1.165) is 39.1 Å². The van der Waals surface area contributed by atoms with Crippen LogP contribution in [0.2, 0.25) is 0 Å². The molecule has 2 aliphatic rings. The molecule has 8 nitrogen and oxygen atoms in total. The van der Waals surface area contributed by atoms with Gasteiger partial charge >= 0.3 is 12.1 Å². The lowest BCUT2D eigenvalue weighted by Crippen LogP contribution is -2.39. The normalized spacial score (nSPS) is 16.5. The highest BCUT2D eigenvalue weighted by Crippen LogP contribution is 2.42. The number of anilines is 1. The highest BCUT2D eigenvalue weighted by molar-refractivity contribution is 6.23. The second-order valence-corrected chi connectivity index (χ2v) is 12.7. The van der Waals surface area contributed by atoms with Gasteiger partial charge in [0.05, 0.1) is 11.4 Å². The number of aromatic nitrogens is 1. The molecule has 42 heavy (non-hydrogen) atoms. The highest BCUT2D eigenvalue weighted by Gasteiger charge is 2.49. The van der Waals surface area contributed by atoms with Crippen LogP contribution in [0.5, 0.6) is 0 Å². The summed E-state index contributed by atoms with van der Waals surface area (Å²) in [6.45, 7) is 14.1. The standard InChI is InChI=1S/C34H40N4O4/c1-20(2)16-27-26(18-35-32(40)42-34(5,6)7)29(23-14-12-21(3)13-15-23)30(22(4)36-27)38-31(39)28-17-24-10-8-9-11-25(24)19-37(28)33(38)41/h8-15,20,28H,16-19H2,1-7H3,(H,35,40). The van der Waals surface area contributed by atoms with Crippen LogP contribution in [-0.4, -0.2) is 39.6 Å². The molecule has 0 bridgehead atoms. The summed E-state index contributed by atoms with van der Waals surface area (Å²) in [7, 11) is 0. The summed E-state index contributed by atoms with van der Waals surface area (Å²) in [5, 5.41) is 2.91. The van der Waals surface area contributed by atoms with Gasteiger partial charge in [0.2, 0.25) is 0 Å². The second kappa shape index (κ2) is 11.2. The van der Waals surface area contributed by atoms with Gasteiger partial charge in [0.1, 0.15) is 11.6 Å². The molecule has 3 aromatic rings. The van der Waals surface area contributed by atoms with E-state index in [1.165, 1.54) is 4.90 Å². The molecule has 2 aliphatic heterocycles. The molecule has 0 radical (unpaired) electrons. The summed E-state index contributed by atoms with van der Waals surface area (Å²) in [5.74, 6) is 0.0341. The van der Waals surface area contributed by atoms with Gasteiger partial charge in [-0.15, -0.1) is 0 Å². The molecule has 1 unspecified atom stereocenters. The van der Waals surface area contributed by atoms with Crippen molar-refractivity contribution in [2.45, 2.75) is 86.0 Å². The van der Waals surface area contributed by atoms with E-state index in [-0.39, 0.29) is 24.4 Å². The molecule has 1 fully saturated rings. The number of nitrogens with zero attached hydrogens (tertiary/aromatic N) is 3. The number of aryl methyl sites for hydroxylation is 2. The third kappa shape index (κ3) is 5.75. The topological polar surface area (TPSA) is 91.8 Å². The van der Waals surface area contributed by atoms with Crippen molar-refractivity contribution in [2.75, 3.05) is 4.90 Å². The molecular formula is C34H40N4O4.